The highest BCUT2D eigenvalue weighted by Crippen LogP contribution is 2.26. The van der Waals surface area contributed by atoms with Gasteiger partial charge in [0.25, 0.3) is 0 Å². The van der Waals surface area contributed by atoms with Gasteiger partial charge in [-0.2, -0.15) is 4.39 Å². The van der Waals surface area contributed by atoms with Crippen molar-refractivity contribution >= 4 is 5.69 Å². The third-order valence-corrected chi connectivity index (χ3v) is 3.40. The van der Waals surface area contributed by atoms with Crippen LogP contribution in [0.1, 0.15) is 22.3 Å². The molecule has 4 nitrogen and oxygen atoms in total. The maximum absolute atomic E-state index is 14.0. The number of nitro benzene ring substituents is 1. The first-order valence-corrected chi connectivity index (χ1v) is 6.52. The zero-order valence-corrected chi connectivity index (χ0v) is 12.1. The van der Waals surface area contributed by atoms with Crippen LogP contribution in [-0.4, -0.2) is 4.92 Å². The summed E-state index contributed by atoms with van der Waals surface area (Å²) in [5.74, 6) is -0.178. The van der Waals surface area contributed by atoms with Gasteiger partial charge in [-0.05, 0) is 43.5 Å². The summed E-state index contributed by atoms with van der Waals surface area (Å²) in [6.07, 6.45) is 0. The molecule has 0 unspecified atom stereocenters. The number of nitrogens with zero attached hydrogens (tertiary/aromatic N) is 1. The van der Waals surface area contributed by atoms with Gasteiger partial charge in [-0.1, -0.05) is 18.2 Å². The highest BCUT2D eigenvalue weighted by molar-refractivity contribution is 5.42. The van der Waals surface area contributed by atoms with Gasteiger partial charge in [-0.25, -0.2) is 0 Å². The van der Waals surface area contributed by atoms with Crippen molar-refractivity contribution in [3.05, 3.63) is 68.5 Å². The monoisotopic (exact) mass is 289 g/mol. The molecule has 0 atom stereocenters. The largest absolute Gasteiger partial charge is 0.489 e. The average Bonchev–Trinajstić information content (AvgIpc) is 2.42. The molecule has 0 heterocycles. The molecule has 2 rings (SSSR count). The van der Waals surface area contributed by atoms with E-state index in [0.717, 1.165) is 22.8 Å². The van der Waals surface area contributed by atoms with E-state index in [-0.39, 0.29) is 12.2 Å². The van der Waals surface area contributed by atoms with Gasteiger partial charge in [0.2, 0.25) is 5.82 Å². The van der Waals surface area contributed by atoms with Crippen LogP contribution in [0.3, 0.4) is 0 Å². The van der Waals surface area contributed by atoms with E-state index in [1.807, 2.05) is 32.9 Å². The minimum Gasteiger partial charge on any atom is -0.489 e. The van der Waals surface area contributed by atoms with E-state index in [0.29, 0.717) is 5.75 Å². The van der Waals surface area contributed by atoms with Crippen LogP contribution >= 0.6 is 0 Å². The number of ether oxygens (including phenoxy) is 1. The van der Waals surface area contributed by atoms with Crippen LogP contribution < -0.4 is 4.74 Å². The highest BCUT2D eigenvalue weighted by atomic mass is 19.1. The molecule has 2 aromatic carbocycles. The molecule has 0 aliphatic rings. The predicted octanol–water partition coefficient (Wildman–Crippen LogP) is 4.24. The average molecular weight is 289 g/mol. The molecule has 0 saturated heterocycles. The van der Waals surface area contributed by atoms with E-state index < -0.39 is 16.4 Å². The molecule has 0 amide bonds. The molecule has 0 spiro atoms. The smallest absolute Gasteiger partial charge is 0.305 e. The number of hydrogen-bond donors (Lipinski definition) is 0. The number of rotatable bonds is 4. The Hall–Kier alpha value is -2.43. The lowest BCUT2D eigenvalue weighted by molar-refractivity contribution is -0.387. The topological polar surface area (TPSA) is 52.4 Å². The fourth-order valence-electron chi connectivity index (χ4n) is 2.12. The lowest BCUT2D eigenvalue weighted by Gasteiger charge is -2.12. The molecule has 0 N–H and O–H groups in total. The number of nitro groups is 1. The van der Waals surface area contributed by atoms with Gasteiger partial charge in [0, 0.05) is 11.6 Å². The Morgan fingerprint density at radius 2 is 1.95 bits per heavy atom. The molecule has 0 fully saturated rings. The summed E-state index contributed by atoms with van der Waals surface area (Å²) in [5.41, 5.74) is 2.75. The Labute approximate surface area is 122 Å². The van der Waals surface area contributed by atoms with Crippen LogP contribution in [0.15, 0.2) is 30.3 Å². The van der Waals surface area contributed by atoms with Crippen molar-refractivity contribution in [2.24, 2.45) is 0 Å². The first kappa shape index (κ1) is 15.0. The van der Waals surface area contributed by atoms with Crippen LogP contribution in [0.25, 0.3) is 0 Å². The minimum absolute atomic E-state index is 0.0444. The number of hydrogen-bond acceptors (Lipinski definition) is 3. The van der Waals surface area contributed by atoms with Gasteiger partial charge in [-0.15, -0.1) is 0 Å². The molecule has 0 bridgehead atoms. The Kier molecular flexibility index (Phi) is 4.21. The third kappa shape index (κ3) is 3.18. The second-order valence-corrected chi connectivity index (χ2v) is 5.00. The quantitative estimate of drug-likeness (QED) is 0.625. The summed E-state index contributed by atoms with van der Waals surface area (Å²) in [6, 6.07) is 7.99. The molecule has 5 heteroatoms. The van der Waals surface area contributed by atoms with Crippen molar-refractivity contribution in [2.75, 3.05) is 0 Å². The van der Waals surface area contributed by atoms with Gasteiger partial charge < -0.3 is 4.74 Å². The Morgan fingerprint density at radius 1 is 1.24 bits per heavy atom. The molecule has 21 heavy (non-hydrogen) atoms. The van der Waals surface area contributed by atoms with E-state index in [1.54, 1.807) is 0 Å². The lowest BCUT2D eigenvalue weighted by atomic mass is 10.1. The molecule has 0 aromatic heterocycles. The van der Waals surface area contributed by atoms with Crippen molar-refractivity contribution < 1.29 is 14.1 Å². The first-order valence-electron chi connectivity index (χ1n) is 6.52. The summed E-state index contributed by atoms with van der Waals surface area (Å²) in [4.78, 5) is 9.98. The zero-order chi connectivity index (χ0) is 15.6. The predicted molar refractivity (Wildman–Crippen MR) is 78.0 cm³/mol. The van der Waals surface area contributed by atoms with E-state index in [4.69, 9.17) is 4.74 Å². The second-order valence-electron chi connectivity index (χ2n) is 5.00. The summed E-state index contributed by atoms with van der Waals surface area (Å²) in [7, 11) is 0. The number of halogens is 1. The molecule has 0 aliphatic heterocycles. The Morgan fingerprint density at radius 3 is 2.62 bits per heavy atom. The number of benzene rings is 2. The normalized spacial score (nSPS) is 10.5. The maximum Gasteiger partial charge on any atom is 0.305 e. The van der Waals surface area contributed by atoms with Crippen molar-refractivity contribution in [3.8, 4) is 5.75 Å². The van der Waals surface area contributed by atoms with Gasteiger partial charge in [0.15, 0.2) is 0 Å². The fraction of sp³-hybridized carbons (Fsp3) is 0.250. The molecule has 0 radical (unpaired) electrons. The van der Waals surface area contributed by atoms with Crippen LogP contribution in [0, 0.1) is 36.7 Å². The van der Waals surface area contributed by atoms with Gasteiger partial charge in [0.1, 0.15) is 12.4 Å². The van der Waals surface area contributed by atoms with E-state index in [2.05, 4.69) is 0 Å². The van der Waals surface area contributed by atoms with E-state index in [9.17, 15) is 14.5 Å². The van der Waals surface area contributed by atoms with E-state index in [1.165, 1.54) is 12.1 Å². The molecule has 0 saturated carbocycles. The van der Waals surface area contributed by atoms with Crippen molar-refractivity contribution in [3.63, 3.8) is 0 Å². The van der Waals surface area contributed by atoms with Crippen LogP contribution in [0.5, 0.6) is 5.75 Å². The Balaban J connectivity index is 2.25. The molecule has 110 valence electrons. The fourth-order valence-corrected chi connectivity index (χ4v) is 2.12. The van der Waals surface area contributed by atoms with Crippen LogP contribution in [-0.2, 0) is 6.61 Å². The Bertz CT molecular complexity index is 698. The van der Waals surface area contributed by atoms with Crippen molar-refractivity contribution in [2.45, 2.75) is 27.4 Å². The van der Waals surface area contributed by atoms with Gasteiger partial charge in [0.05, 0.1) is 4.92 Å². The van der Waals surface area contributed by atoms with Crippen molar-refractivity contribution in [1.29, 1.82) is 0 Å². The second kappa shape index (κ2) is 5.91. The minimum atomic E-state index is -0.843. The van der Waals surface area contributed by atoms with Gasteiger partial charge >= 0.3 is 5.69 Å². The standard InChI is InChI=1S/C16H16FNO3/c1-10-7-11(2)12(3)15(8-10)21-9-13-5-4-6-14(16(13)17)18(19)20/h4-8H,9H2,1-3H3. The summed E-state index contributed by atoms with van der Waals surface area (Å²) >= 11 is 0. The zero-order valence-electron chi connectivity index (χ0n) is 12.1. The highest BCUT2D eigenvalue weighted by Gasteiger charge is 2.17. The van der Waals surface area contributed by atoms with Crippen molar-refractivity contribution in [1.82, 2.24) is 0 Å². The van der Waals surface area contributed by atoms with E-state index >= 15 is 0 Å². The third-order valence-electron chi connectivity index (χ3n) is 3.40. The summed E-state index contributed by atoms with van der Waals surface area (Å²) < 4.78 is 19.6. The van der Waals surface area contributed by atoms with Crippen LogP contribution in [0.2, 0.25) is 0 Å². The maximum atomic E-state index is 14.0. The SMILES string of the molecule is Cc1cc(C)c(C)c(OCc2cccc([N+](=O)[O-])c2F)c1. The summed E-state index contributed by atoms with van der Waals surface area (Å²) in [5, 5.41) is 10.7. The first-order chi connectivity index (χ1) is 9.90. The van der Waals surface area contributed by atoms with Crippen LogP contribution in [0.4, 0.5) is 10.1 Å². The molecule has 2 aromatic rings. The molecular formula is C16H16FNO3. The summed E-state index contributed by atoms with van der Waals surface area (Å²) in [6.45, 7) is 5.81. The molecular weight excluding hydrogens is 273 g/mol. The van der Waals surface area contributed by atoms with Gasteiger partial charge in [-0.3, -0.25) is 10.1 Å². The molecule has 0 aliphatic carbocycles. The lowest BCUT2D eigenvalue weighted by Crippen LogP contribution is -2.03. The number of aryl methyl sites for hydroxylation is 2.